The summed E-state index contributed by atoms with van der Waals surface area (Å²) in [6.45, 7) is 0. The van der Waals surface area contributed by atoms with E-state index >= 15 is 0 Å². The lowest BCUT2D eigenvalue weighted by Gasteiger charge is -2.17. The molecular weight excluding hydrogens is 311 g/mol. The van der Waals surface area contributed by atoms with Crippen molar-refractivity contribution in [1.82, 2.24) is 4.90 Å². The molecule has 2 nitrogen and oxygen atoms in total. The van der Waals surface area contributed by atoms with E-state index in [0.717, 1.165) is 25.0 Å². The number of alkyl halides is 3. The molecule has 18 heavy (non-hydrogen) atoms. The molecule has 2 rings (SSSR count). The van der Waals surface area contributed by atoms with Crippen LogP contribution in [0.5, 0.6) is 0 Å². The Morgan fingerprint density at radius 2 is 2.00 bits per heavy atom. The van der Waals surface area contributed by atoms with Crippen molar-refractivity contribution in [2.75, 3.05) is 7.05 Å². The lowest BCUT2D eigenvalue weighted by molar-refractivity contribution is -0.137. The lowest BCUT2D eigenvalue weighted by atomic mass is 10.1. The minimum Gasteiger partial charge on any atom is -0.339 e. The first-order valence-corrected chi connectivity index (χ1v) is 6.24. The number of carbonyl (C=O) groups is 1. The first kappa shape index (κ1) is 13.4. The average Bonchev–Trinajstić information content (AvgIpc) is 3.09. The van der Waals surface area contributed by atoms with E-state index in [1.54, 1.807) is 11.9 Å². The molecule has 0 aliphatic heterocycles. The lowest BCUT2D eigenvalue weighted by Crippen LogP contribution is -2.29. The molecule has 0 heterocycles. The van der Waals surface area contributed by atoms with Gasteiger partial charge in [-0.1, -0.05) is 0 Å². The minimum absolute atomic E-state index is 0.176. The summed E-state index contributed by atoms with van der Waals surface area (Å²) in [5.41, 5.74) is -0.502. The Morgan fingerprint density at radius 1 is 1.39 bits per heavy atom. The molecule has 0 bridgehead atoms. The second-order valence-electron chi connectivity index (χ2n) is 4.34. The van der Waals surface area contributed by atoms with Crippen LogP contribution in [0.2, 0.25) is 0 Å². The molecule has 1 aromatic carbocycles. The molecular formula is C12H11BrF3NO. The summed E-state index contributed by atoms with van der Waals surface area (Å²) < 4.78 is 37.6. The Morgan fingerprint density at radius 3 is 2.44 bits per heavy atom. The minimum atomic E-state index is -4.40. The fourth-order valence-corrected chi connectivity index (χ4v) is 2.23. The van der Waals surface area contributed by atoms with Crippen LogP contribution in [0.25, 0.3) is 0 Å². The van der Waals surface area contributed by atoms with E-state index in [4.69, 9.17) is 0 Å². The molecule has 1 saturated carbocycles. The molecule has 0 saturated heterocycles. The van der Waals surface area contributed by atoms with Crippen LogP contribution < -0.4 is 0 Å². The molecule has 0 aromatic heterocycles. The van der Waals surface area contributed by atoms with E-state index in [2.05, 4.69) is 15.9 Å². The third kappa shape index (κ3) is 2.68. The van der Waals surface area contributed by atoms with Gasteiger partial charge < -0.3 is 4.90 Å². The quantitative estimate of drug-likeness (QED) is 0.813. The van der Waals surface area contributed by atoms with Gasteiger partial charge in [-0.3, -0.25) is 4.79 Å². The van der Waals surface area contributed by atoms with Gasteiger partial charge in [0.25, 0.3) is 5.91 Å². The average molecular weight is 322 g/mol. The third-order valence-electron chi connectivity index (χ3n) is 2.94. The van der Waals surface area contributed by atoms with Crippen LogP contribution in [-0.2, 0) is 6.18 Å². The summed E-state index contributed by atoms with van der Waals surface area (Å²) in [5.74, 6) is -0.252. The van der Waals surface area contributed by atoms with Gasteiger partial charge in [0.2, 0.25) is 0 Å². The van der Waals surface area contributed by atoms with Crippen LogP contribution in [0.4, 0.5) is 13.2 Å². The predicted octanol–water partition coefficient (Wildman–Crippen LogP) is 3.70. The standard InChI is InChI=1S/C12H11BrF3NO/c1-17(8-3-4-8)11(18)9-5-2-7(6-10(9)13)12(14,15)16/h2,5-6,8H,3-4H2,1H3. The largest absolute Gasteiger partial charge is 0.416 e. The Kier molecular flexibility index (Phi) is 3.40. The van der Waals surface area contributed by atoms with Crippen LogP contribution in [0.3, 0.4) is 0 Å². The van der Waals surface area contributed by atoms with Crippen LogP contribution in [-0.4, -0.2) is 23.9 Å². The highest BCUT2D eigenvalue weighted by molar-refractivity contribution is 9.10. The van der Waals surface area contributed by atoms with Gasteiger partial charge in [-0.2, -0.15) is 13.2 Å². The molecule has 0 spiro atoms. The van der Waals surface area contributed by atoms with Gasteiger partial charge in [0.1, 0.15) is 0 Å². The SMILES string of the molecule is CN(C(=O)c1ccc(C(F)(F)F)cc1Br)C1CC1. The summed E-state index contributed by atoms with van der Waals surface area (Å²) >= 11 is 3.03. The highest BCUT2D eigenvalue weighted by Crippen LogP contribution is 2.33. The maximum atomic E-state index is 12.5. The van der Waals surface area contributed by atoms with Gasteiger partial charge in [-0.25, -0.2) is 0 Å². The number of rotatable bonds is 2. The summed E-state index contributed by atoms with van der Waals surface area (Å²) in [4.78, 5) is 13.6. The molecule has 1 aromatic rings. The molecule has 0 N–H and O–H groups in total. The molecule has 6 heteroatoms. The normalized spacial score (nSPS) is 15.6. The zero-order chi connectivity index (χ0) is 13.5. The highest BCUT2D eigenvalue weighted by atomic mass is 79.9. The number of amides is 1. The van der Waals surface area contributed by atoms with Crippen LogP contribution in [0, 0.1) is 0 Å². The van der Waals surface area contributed by atoms with Crippen molar-refractivity contribution in [3.05, 3.63) is 33.8 Å². The predicted molar refractivity (Wildman–Crippen MR) is 64.3 cm³/mol. The van der Waals surface area contributed by atoms with Gasteiger partial charge in [-0.15, -0.1) is 0 Å². The number of benzene rings is 1. The number of carbonyl (C=O) groups excluding carboxylic acids is 1. The van der Waals surface area contributed by atoms with Crippen molar-refractivity contribution in [2.45, 2.75) is 25.1 Å². The van der Waals surface area contributed by atoms with E-state index in [0.29, 0.717) is 0 Å². The van der Waals surface area contributed by atoms with Gasteiger partial charge in [0.05, 0.1) is 11.1 Å². The number of nitrogens with zero attached hydrogens (tertiary/aromatic N) is 1. The molecule has 0 atom stereocenters. The zero-order valence-corrected chi connectivity index (χ0v) is 11.2. The first-order valence-electron chi connectivity index (χ1n) is 5.44. The summed E-state index contributed by atoms with van der Waals surface area (Å²) in [6.07, 6.45) is -2.48. The van der Waals surface area contributed by atoms with E-state index in [1.807, 2.05) is 0 Å². The summed E-state index contributed by atoms with van der Waals surface area (Å²) in [5, 5.41) is 0. The smallest absolute Gasteiger partial charge is 0.339 e. The van der Waals surface area contributed by atoms with Crippen molar-refractivity contribution in [3.8, 4) is 0 Å². The zero-order valence-electron chi connectivity index (χ0n) is 9.59. The van der Waals surface area contributed by atoms with Crippen molar-refractivity contribution in [3.63, 3.8) is 0 Å². The molecule has 0 radical (unpaired) electrons. The topological polar surface area (TPSA) is 20.3 Å². The maximum absolute atomic E-state index is 12.5. The van der Waals surface area contributed by atoms with E-state index in [9.17, 15) is 18.0 Å². The van der Waals surface area contributed by atoms with Crippen LogP contribution in [0.1, 0.15) is 28.8 Å². The summed E-state index contributed by atoms with van der Waals surface area (Å²) in [7, 11) is 1.67. The van der Waals surface area contributed by atoms with Crippen molar-refractivity contribution in [2.24, 2.45) is 0 Å². The molecule has 1 aliphatic rings. The number of hydrogen-bond acceptors (Lipinski definition) is 1. The maximum Gasteiger partial charge on any atom is 0.416 e. The van der Waals surface area contributed by atoms with E-state index in [-0.39, 0.29) is 22.0 Å². The highest BCUT2D eigenvalue weighted by Gasteiger charge is 2.33. The van der Waals surface area contributed by atoms with E-state index < -0.39 is 11.7 Å². The van der Waals surface area contributed by atoms with Crippen molar-refractivity contribution < 1.29 is 18.0 Å². The fourth-order valence-electron chi connectivity index (χ4n) is 1.68. The summed E-state index contributed by atoms with van der Waals surface area (Å²) in [6, 6.07) is 3.31. The Balaban J connectivity index is 2.27. The van der Waals surface area contributed by atoms with E-state index in [1.165, 1.54) is 6.07 Å². The number of hydrogen-bond donors (Lipinski definition) is 0. The Bertz CT molecular complexity index is 483. The van der Waals surface area contributed by atoms with Crippen molar-refractivity contribution >= 4 is 21.8 Å². The molecule has 98 valence electrons. The third-order valence-corrected chi connectivity index (χ3v) is 3.60. The van der Waals surface area contributed by atoms with Crippen molar-refractivity contribution in [1.29, 1.82) is 0 Å². The molecule has 0 unspecified atom stereocenters. The van der Waals surface area contributed by atoms with Crippen LogP contribution in [0.15, 0.2) is 22.7 Å². The second-order valence-corrected chi connectivity index (χ2v) is 5.19. The van der Waals surface area contributed by atoms with Gasteiger partial charge in [0, 0.05) is 17.6 Å². The van der Waals surface area contributed by atoms with Gasteiger partial charge in [0.15, 0.2) is 0 Å². The molecule has 1 fully saturated rings. The Hall–Kier alpha value is -1.04. The number of halogens is 4. The molecule has 1 aliphatic carbocycles. The second kappa shape index (κ2) is 4.57. The Labute approximate surface area is 111 Å². The molecule has 1 amide bonds. The van der Waals surface area contributed by atoms with Crippen LogP contribution >= 0.6 is 15.9 Å². The van der Waals surface area contributed by atoms with Gasteiger partial charge >= 0.3 is 6.18 Å². The fraction of sp³-hybridized carbons (Fsp3) is 0.417. The monoisotopic (exact) mass is 321 g/mol. The first-order chi connectivity index (χ1) is 8.30. The van der Waals surface area contributed by atoms with Gasteiger partial charge in [-0.05, 0) is 47.0 Å².